The molecule has 1 aliphatic carbocycles. The molecule has 0 unspecified atom stereocenters. The average molecular weight is 424 g/mol. The van der Waals surface area contributed by atoms with Gasteiger partial charge in [-0.05, 0) is 42.5 Å². The average Bonchev–Trinajstić information content (AvgIpc) is 3.08. The number of hydrogen-bond acceptors (Lipinski definition) is 6. The highest BCUT2D eigenvalue weighted by Crippen LogP contribution is 2.46. The van der Waals surface area contributed by atoms with Crippen LogP contribution in [0.5, 0.6) is 17.4 Å². The van der Waals surface area contributed by atoms with Crippen molar-refractivity contribution in [2.24, 2.45) is 0 Å². The Hall–Kier alpha value is -3.06. The predicted octanol–water partition coefficient (Wildman–Crippen LogP) is 4.47. The highest BCUT2D eigenvalue weighted by molar-refractivity contribution is 5.92. The first-order valence-corrected chi connectivity index (χ1v) is 10.9. The molecule has 0 bridgehead atoms. The van der Waals surface area contributed by atoms with Crippen molar-refractivity contribution in [3.63, 3.8) is 0 Å². The van der Waals surface area contributed by atoms with Crippen LogP contribution in [-0.4, -0.2) is 37.4 Å². The number of rotatable bonds is 6. The van der Waals surface area contributed by atoms with Crippen LogP contribution in [0.25, 0.3) is 22.3 Å². The third-order valence-electron chi connectivity index (χ3n) is 6.00. The summed E-state index contributed by atoms with van der Waals surface area (Å²) in [5.41, 5.74) is 3.07. The number of carbonyl (C=O) groups is 1. The summed E-state index contributed by atoms with van der Waals surface area (Å²) >= 11 is 0. The Bertz CT molecular complexity index is 1100. The van der Waals surface area contributed by atoms with Gasteiger partial charge in [0.1, 0.15) is 17.1 Å². The minimum atomic E-state index is -0.365. The lowest BCUT2D eigenvalue weighted by atomic mass is 9.82. The first-order valence-electron chi connectivity index (χ1n) is 10.9. The van der Waals surface area contributed by atoms with Gasteiger partial charge in [0.25, 0.3) is 0 Å². The van der Waals surface area contributed by atoms with Gasteiger partial charge in [-0.3, -0.25) is 4.79 Å². The quantitative estimate of drug-likeness (QED) is 0.504. The van der Waals surface area contributed by atoms with Gasteiger partial charge >= 0.3 is 5.97 Å². The Morgan fingerprint density at radius 3 is 2.61 bits per heavy atom. The van der Waals surface area contributed by atoms with Gasteiger partial charge in [-0.25, -0.2) is 0 Å². The number of ether oxygens (including phenoxy) is 1. The van der Waals surface area contributed by atoms with E-state index in [1.807, 2.05) is 10.6 Å². The van der Waals surface area contributed by atoms with E-state index in [0.717, 1.165) is 42.3 Å². The highest BCUT2D eigenvalue weighted by atomic mass is 16.5. The number of esters is 1. The van der Waals surface area contributed by atoms with Crippen LogP contribution in [0.4, 0.5) is 0 Å². The molecular weight excluding hydrogens is 396 g/mol. The Balaban J connectivity index is 1.99. The van der Waals surface area contributed by atoms with Gasteiger partial charge in [0.05, 0.1) is 12.3 Å². The summed E-state index contributed by atoms with van der Waals surface area (Å²) in [6.07, 6.45) is 5.81. The fraction of sp³-hybridized carbons (Fsp3) is 0.417. The van der Waals surface area contributed by atoms with Crippen LogP contribution in [-0.2, 0) is 11.3 Å². The van der Waals surface area contributed by atoms with E-state index in [-0.39, 0.29) is 42.9 Å². The maximum atomic E-state index is 11.8. The van der Waals surface area contributed by atoms with Crippen molar-refractivity contribution >= 4 is 17.0 Å². The van der Waals surface area contributed by atoms with E-state index in [1.54, 1.807) is 25.1 Å². The summed E-state index contributed by atoms with van der Waals surface area (Å²) in [5, 5.41) is 31.2. The van der Waals surface area contributed by atoms with Crippen molar-refractivity contribution in [1.82, 2.24) is 9.55 Å². The maximum absolute atomic E-state index is 11.8. The van der Waals surface area contributed by atoms with Gasteiger partial charge in [0, 0.05) is 36.0 Å². The molecule has 0 atom stereocenters. The van der Waals surface area contributed by atoms with Crippen molar-refractivity contribution in [3.8, 4) is 28.6 Å². The second-order valence-electron chi connectivity index (χ2n) is 8.02. The van der Waals surface area contributed by atoms with E-state index >= 15 is 0 Å². The highest BCUT2D eigenvalue weighted by Gasteiger charge is 2.28. The number of aromatic hydroxyl groups is 2. The number of phenolic OH excluding ortho intramolecular Hbond substituents is 2. The molecule has 7 nitrogen and oxygen atoms in total. The van der Waals surface area contributed by atoms with Crippen LogP contribution in [0.15, 0.2) is 30.3 Å². The summed E-state index contributed by atoms with van der Waals surface area (Å²) in [7, 11) is 0. The topological polar surface area (TPSA) is 105 Å². The van der Waals surface area contributed by atoms with Gasteiger partial charge in [0.2, 0.25) is 5.88 Å². The summed E-state index contributed by atoms with van der Waals surface area (Å²) in [6, 6.07) is 8.17. The molecule has 3 N–H and O–H groups in total. The Kier molecular flexibility index (Phi) is 6.13. The number of fused-ring (bicyclic) bond motifs is 1. The van der Waals surface area contributed by atoms with E-state index in [4.69, 9.17) is 4.74 Å². The number of nitrogens with zero attached hydrogens (tertiary/aromatic N) is 2. The largest absolute Gasteiger partial charge is 0.508 e. The number of aromatic nitrogens is 2. The smallest absolute Gasteiger partial charge is 0.312 e. The maximum Gasteiger partial charge on any atom is 0.312 e. The molecule has 3 aromatic rings. The predicted molar refractivity (Wildman–Crippen MR) is 117 cm³/mol. The van der Waals surface area contributed by atoms with Crippen LogP contribution in [0.2, 0.25) is 0 Å². The summed E-state index contributed by atoms with van der Waals surface area (Å²) < 4.78 is 7.22. The van der Waals surface area contributed by atoms with Gasteiger partial charge < -0.3 is 24.6 Å². The van der Waals surface area contributed by atoms with Crippen molar-refractivity contribution in [2.75, 3.05) is 6.61 Å². The third kappa shape index (κ3) is 4.10. The molecule has 2 heterocycles. The van der Waals surface area contributed by atoms with Gasteiger partial charge in [-0.1, -0.05) is 26.2 Å². The second kappa shape index (κ2) is 8.98. The molecule has 164 valence electrons. The molecule has 0 radical (unpaired) electrons. The molecule has 1 aromatic carbocycles. The van der Waals surface area contributed by atoms with Gasteiger partial charge in [0.15, 0.2) is 0 Å². The number of benzene rings is 1. The molecule has 1 fully saturated rings. The van der Waals surface area contributed by atoms with Gasteiger partial charge in [-0.2, -0.15) is 4.98 Å². The molecule has 31 heavy (non-hydrogen) atoms. The first-order chi connectivity index (χ1) is 15.0. The fourth-order valence-corrected chi connectivity index (χ4v) is 4.60. The lowest BCUT2D eigenvalue weighted by molar-refractivity contribution is -0.134. The standard InChI is InChI=1S/C24H28N2O5/c1-2-21(30)31-20-11-10-18-22(15-6-4-3-5-7-15)23(26(12-13-27)24(18)25-20)17-9-8-16(28)14-19(17)29/h8-11,14-15,27-29H,2-7,12-13H2,1H3. The van der Waals surface area contributed by atoms with E-state index < -0.39 is 0 Å². The normalized spacial score (nSPS) is 14.8. The minimum absolute atomic E-state index is 0.0165. The molecular formula is C24H28N2O5. The van der Waals surface area contributed by atoms with Gasteiger partial charge in [-0.15, -0.1) is 0 Å². The molecule has 7 heteroatoms. The van der Waals surface area contributed by atoms with Crippen molar-refractivity contribution in [2.45, 2.75) is 57.9 Å². The monoisotopic (exact) mass is 424 g/mol. The number of aliphatic hydroxyl groups is 1. The van der Waals surface area contributed by atoms with Crippen LogP contribution in [0.1, 0.15) is 56.9 Å². The van der Waals surface area contributed by atoms with E-state index in [0.29, 0.717) is 17.1 Å². The lowest BCUT2D eigenvalue weighted by Gasteiger charge is -2.24. The number of carbonyl (C=O) groups excluding carboxylic acids is 1. The number of pyridine rings is 1. The molecule has 0 saturated heterocycles. The third-order valence-corrected chi connectivity index (χ3v) is 6.00. The lowest BCUT2D eigenvalue weighted by Crippen LogP contribution is -2.09. The zero-order valence-corrected chi connectivity index (χ0v) is 17.7. The molecule has 1 saturated carbocycles. The zero-order valence-electron chi connectivity index (χ0n) is 17.7. The Labute approximate surface area is 180 Å². The second-order valence-corrected chi connectivity index (χ2v) is 8.02. The van der Waals surface area contributed by atoms with E-state index in [1.165, 1.54) is 12.5 Å². The first kappa shape index (κ1) is 21.2. The molecule has 0 aliphatic heterocycles. The van der Waals surface area contributed by atoms with Crippen LogP contribution < -0.4 is 4.74 Å². The zero-order chi connectivity index (χ0) is 22.0. The van der Waals surface area contributed by atoms with Crippen molar-refractivity contribution < 1.29 is 24.9 Å². The van der Waals surface area contributed by atoms with Crippen molar-refractivity contribution in [1.29, 1.82) is 0 Å². The van der Waals surface area contributed by atoms with Crippen LogP contribution >= 0.6 is 0 Å². The molecule has 2 aromatic heterocycles. The fourth-order valence-electron chi connectivity index (χ4n) is 4.60. The SMILES string of the molecule is CCC(=O)Oc1ccc2c(C3CCCCC3)c(-c3ccc(O)cc3O)n(CCO)c2n1. The molecule has 1 aliphatic rings. The molecule has 0 amide bonds. The number of aliphatic hydroxyl groups excluding tert-OH is 1. The Morgan fingerprint density at radius 1 is 1.16 bits per heavy atom. The Morgan fingerprint density at radius 2 is 1.94 bits per heavy atom. The number of hydrogen-bond donors (Lipinski definition) is 3. The summed E-state index contributed by atoms with van der Waals surface area (Å²) in [4.78, 5) is 16.4. The molecule has 4 rings (SSSR count). The van der Waals surface area contributed by atoms with E-state index in [9.17, 15) is 20.1 Å². The minimum Gasteiger partial charge on any atom is -0.508 e. The van der Waals surface area contributed by atoms with Crippen molar-refractivity contribution in [3.05, 3.63) is 35.9 Å². The summed E-state index contributed by atoms with van der Waals surface area (Å²) in [5.74, 6) is 0.0998. The van der Waals surface area contributed by atoms with E-state index in [2.05, 4.69) is 4.98 Å². The summed E-state index contributed by atoms with van der Waals surface area (Å²) in [6.45, 7) is 1.89. The van der Waals surface area contributed by atoms with Crippen LogP contribution in [0.3, 0.4) is 0 Å². The van der Waals surface area contributed by atoms with Crippen LogP contribution in [0, 0.1) is 0 Å². The molecule has 0 spiro atoms. The number of phenols is 2.